The third-order valence-corrected chi connectivity index (χ3v) is 4.65. The number of fused-ring (bicyclic) bond motifs is 3. The molecule has 0 aliphatic heterocycles. The molecular formula is C16H20O. The Labute approximate surface area is 103 Å². The van der Waals surface area contributed by atoms with Crippen molar-refractivity contribution in [3.8, 4) is 0 Å². The summed E-state index contributed by atoms with van der Waals surface area (Å²) in [5, 5.41) is 0. The van der Waals surface area contributed by atoms with Crippen molar-refractivity contribution >= 4 is 5.78 Å². The van der Waals surface area contributed by atoms with Crippen LogP contribution in [0.1, 0.15) is 67.6 Å². The molecule has 0 saturated carbocycles. The van der Waals surface area contributed by atoms with E-state index in [-0.39, 0.29) is 10.8 Å². The van der Waals surface area contributed by atoms with Crippen molar-refractivity contribution in [1.29, 1.82) is 0 Å². The number of benzene rings is 1. The second-order valence-electron chi connectivity index (χ2n) is 6.88. The Balaban J connectivity index is 2.29. The van der Waals surface area contributed by atoms with Gasteiger partial charge in [0.1, 0.15) is 0 Å². The quantitative estimate of drug-likeness (QED) is 0.660. The molecule has 1 nitrogen and oxygen atoms in total. The number of hydrogen-bond acceptors (Lipinski definition) is 1. The highest BCUT2D eigenvalue weighted by Gasteiger charge is 2.41. The molecule has 90 valence electrons. The molecule has 0 aromatic heterocycles. The third-order valence-electron chi connectivity index (χ3n) is 4.65. The van der Waals surface area contributed by atoms with E-state index in [1.54, 1.807) is 0 Å². The summed E-state index contributed by atoms with van der Waals surface area (Å²) in [4.78, 5) is 12.3. The van der Waals surface area contributed by atoms with Gasteiger partial charge in [-0.25, -0.2) is 0 Å². The summed E-state index contributed by atoms with van der Waals surface area (Å²) in [7, 11) is 0. The molecule has 17 heavy (non-hydrogen) atoms. The fourth-order valence-electron chi connectivity index (χ4n) is 3.58. The van der Waals surface area contributed by atoms with E-state index >= 15 is 0 Å². The van der Waals surface area contributed by atoms with E-state index in [9.17, 15) is 4.79 Å². The minimum atomic E-state index is 0.0359. The monoisotopic (exact) mass is 228 g/mol. The van der Waals surface area contributed by atoms with E-state index in [2.05, 4.69) is 39.8 Å². The van der Waals surface area contributed by atoms with E-state index in [0.29, 0.717) is 12.2 Å². The lowest BCUT2D eigenvalue weighted by atomic mass is 9.82. The lowest BCUT2D eigenvalue weighted by Gasteiger charge is -2.21. The van der Waals surface area contributed by atoms with Gasteiger partial charge in [-0.2, -0.15) is 0 Å². The number of carbonyl (C=O) groups excluding carboxylic acids is 1. The van der Waals surface area contributed by atoms with Crippen molar-refractivity contribution in [2.75, 3.05) is 0 Å². The van der Waals surface area contributed by atoms with Crippen molar-refractivity contribution in [2.24, 2.45) is 0 Å². The lowest BCUT2D eigenvalue weighted by Crippen LogP contribution is -2.14. The van der Waals surface area contributed by atoms with Crippen molar-refractivity contribution in [3.05, 3.63) is 34.4 Å². The van der Waals surface area contributed by atoms with Gasteiger partial charge in [-0.3, -0.25) is 4.79 Å². The van der Waals surface area contributed by atoms with Gasteiger partial charge in [-0.05, 0) is 40.4 Å². The Bertz CT molecular complexity index is 521. The van der Waals surface area contributed by atoms with Crippen LogP contribution in [0.5, 0.6) is 0 Å². The Hall–Kier alpha value is -1.11. The van der Waals surface area contributed by atoms with Crippen LogP contribution in [0.3, 0.4) is 0 Å². The molecule has 0 unspecified atom stereocenters. The zero-order valence-electron chi connectivity index (χ0n) is 11.2. The molecule has 0 N–H and O–H groups in total. The fourth-order valence-corrected chi connectivity index (χ4v) is 3.58. The van der Waals surface area contributed by atoms with Crippen molar-refractivity contribution in [1.82, 2.24) is 0 Å². The summed E-state index contributed by atoms with van der Waals surface area (Å²) in [6.45, 7) is 8.94. The highest BCUT2D eigenvalue weighted by molar-refractivity contribution is 6.04. The van der Waals surface area contributed by atoms with Crippen molar-refractivity contribution in [3.63, 3.8) is 0 Å². The number of Topliss-reactive ketones (excluding diaryl/α,β-unsaturated/α-hetero) is 1. The Kier molecular flexibility index (Phi) is 1.95. The maximum Gasteiger partial charge on any atom is 0.164 e. The Morgan fingerprint density at radius 2 is 1.65 bits per heavy atom. The van der Waals surface area contributed by atoms with Crippen LogP contribution >= 0.6 is 0 Å². The molecule has 0 heterocycles. The fraction of sp³-hybridized carbons (Fsp3) is 0.562. The van der Waals surface area contributed by atoms with Crippen molar-refractivity contribution < 1.29 is 4.79 Å². The van der Waals surface area contributed by atoms with Gasteiger partial charge < -0.3 is 0 Å². The highest BCUT2D eigenvalue weighted by Crippen LogP contribution is 2.47. The normalized spacial score (nSPS) is 23.6. The highest BCUT2D eigenvalue weighted by atomic mass is 16.1. The molecular weight excluding hydrogens is 208 g/mol. The van der Waals surface area contributed by atoms with Crippen LogP contribution in [0.2, 0.25) is 0 Å². The number of rotatable bonds is 0. The van der Waals surface area contributed by atoms with E-state index in [1.807, 2.05) is 0 Å². The molecule has 2 aliphatic carbocycles. The maximum atomic E-state index is 12.3. The van der Waals surface area contributed by atoms with Crippen molar-refractivity contribution in [2.45, 2.75) is 57.8 Å². The predicted octanol–water partition coefficient (Wildman–Crippen LogP) is 3.77. The van der Waals surface area contributed by atoms with Crippen LogP contribution in [-0.4, -0.2) is 5.78 Å². The second kappa shape index (κ2) is 3.01. The second-order valence-corrected chi connectivity index (χ2v) is 6.88. The molecule has 0 radical (unpaired) electrons. The zero-order chi connectivity index (χ0) is 12.4. The van der Waals surface area contributed by atoms with Gasteiger partial charge in [0.15, 0.2) is 5.78 Å². The third kappa shape index (κ3) is 1.34. The molecule has 3 rings (SSSR count). The van der Waals surface area contributed by atoms with Crippen LogP contribution in [0.4, 0.5) is 0 Å². The molecule has 1 heteroatoms. The van der Waals surface area contributed by atoms with Crippen LogP contribution in [0.15, 0.2) is 12.1 Å². The first kappa shape index (κ1) is 11.0. The standard InChI is InChI=1S/C16H20O/c1-15(2)8-7-10-11(15)5-6-12-14(10)13(17)9-16(12,3)4/h5-6H,7-9H2,1-4H3. The van der Waals surface area contributed by atoms with Crippen LogP contribution < -0.4 is 0 Å². The summed E-state index contributed by atoms with van der Waals surface area (Å²) in [5.41, 5.74) is 5.38. The Morgan fingerprint density at radius 1 is 1.00 bits per heavy atom. The molecule has 0 bridgehead atoms. The molecule has 0 saturated heterocycles. The van der Waals surface area contributed by atoms with Gasteiger partial charge in [0.05, 0.1) is 0 Å². The summed E-state index contributed by atoms with van der Waals surface area (Å²) >= 11 is 0. The van der Waals surface area contributed by atoms with E-state index < -0.39 is 0 Å². The average Bonchev–Trinajstić information content (AvgIpc) is 2.64. The SMILES string of the molecule is CC1(C)CCc2c1ccc1c2C(=O)CC1(C)C. The number of hydrogen-bond donors (Lipinski definition) is 0. The Morgan fingerprint density at radius 3 is 2.35 bits per heavy atom. The molecule has 1 aromatic carbocycles. The van der Waals surface area contributed by atoms with Gasteiger partial charge in [0.2, 0.25) is 0 Å². The van der Waals surface area contributed by atoms with Crippen LogP contribution in [0.25, 0.3) is 0 Å². The first-order valence-corrected chi connectivity index (χ1v) is 6.53. The van der Waals surface area contributed by atoms with Gasteiger partial charge in [-0.1, -0.05) is 39.8 Å². The summed E-state index contributed by atoms with van der Waals surface area (Å²) in [5.74, 6) is 0.361. The van der Waals surface area contributed by atoms with E-state index in [1.165, 1.54) is 23.1 Å². The maximum absolute atomic E-state index is 12.3. The van der Waals surface area contributed by atoms with E-state index in [4.69, 9.17) is 0 Å². The minimum Gasteiger partial charge on any atom is -0.294 e. The van der Waals surface area contributed by atoms with Crippen LogP contribution in [-0.2, 0) is 17.3 Å². The topological polar surface area (TPSA) is 17.1 Å². The van der Waals surface area contributed by atoms with Crippen LogP contribution in [0, 0.1) is 0 Å². The molecule has 0 amide bonds. The van der Waals surface area contributed by atoms with E-state index in [0.717, 1.165) is 12.0 Å². The largest absolute Gasteiger partial charge is 0.294 e. The molecule has 0 spiro atoms. The average molecular weight is 228 g/mol. The molecule has 0 fully saturated rings. The summed E-state index contributed by atoms with van der Waals surface area (Å²) < 4.78 is 0. The predicted molar refractivity (Wildman–Crippen MR) is 69.8 cm³/mol. The number of ketones is 1. The van der Waals surface area contributed by atoms with Gasteiger partial charge >= 0.3 is 0 Å². The van der Waals surface area contributed by atoms with Gasteiger partial charge in [0.25, 0.3) is 0 Å². The smallest absolute Gasteiger partial charge is 0.164 e. The van der Waals surface area contributed by atoms with Gasteiger partial charge in [-0.15, -0.1) is 0 Å². The first-order chi connectivity index (χ1) is 7.83. The zero-order valence-corrected chi connectivity index (χ0v) is 11.2. The number of carbonyl (C=O) groups is 1. The lowest BCUT2D eigenvalue weighted by molar-refractivity contribution is 0.0979. The van der Waals surface area contributed by atoms with Gasteiger partial charge in [0, 0.05) is 12.0 Å². The summed E-state index contributed by atoms with van der Waals surface area (Å²) in [6.07, 6.45) is 2.93. The molecule has 2 aliphatic rings. The molecule has 1 aromatic rings. The molecule has 0 atom stereocenters. The minimum absolute atomic E-state index is 0.0359. The summed E-state index contributed by atoms with van der Waals surface area (Å²) in [6, 6.07) is 4.47. The first-order valence-electron chi connectivity index (χ1n) is 6.53.